The number of rotatable bonds is 5. The van der Waals surface area contributed by atoms with Gasteiger partial charge >= 0.3 is 0 Å². The first-order valence-corrected chi connectivity index (χ1v) is 9.98. The molecule has 1 aromatic heterocycles. The van der Waals surface area contributed by atoms with Crippen molar-refractivity contribution in [3.05, 3.63) is 89.7 Å². The molecule has 5 nitrogen and oxygen atoms in total. The van der Waals surface area contributed by atoms with Crippen molar-refractivity contribution in [3.63, 3.8) is 0 Å². The number of hydrogen-bond donors (Lipinski definition) is 1. The highest BCUT2D eigenvalue weighted by molar-refractivity contribution is 8.00. The first kappa shape index (κ1) is 18.3. The lowest BCUT2D eigenvalue weighted by atomic mass is 10.1. The molecular formula is C22H19N3O2S. The van der Waals surface area contributed by atoms with E-state index in [1.807, 2.05) is 60.7 Å². The minimum absolute atomic E-state index is 0.0775. The second-order valence-electron chi connectivity index (χ2n) is 6.44. The summed E-state index contributed by atoms with van der Waals surface area (Å²) in [4.78, 5) is 32.1. The topological polar surface area (TPSA) is 62.3 Å². The van der Waals surface area contributed by atoms with E-state index in [9.17, 15) is 9.59 Å². The fourth-order valence-electron chi connectivity index (χ4n) is 3.10. The number of hydrogen-bond acceptors (Lipinski definition) is 4. The number of nitrogens with one attached hydrogen (secondary N) is 1. The monoisotopic (exact) mass is 389 g/mol. The van der Waals surface area contributed by atoms with Crippen molar-refractivity contribution in [1.29, 1.82) is 0 Å². The number of para-hydroxylation sites is 1. The lowest BCUT2D eigenvalue weighted by molar-refractivity contribution is -0.116. The van der Waals surface area contributed by atoms with E-state index >= 15 is 0 Å². The van der Waals surface area contributed by atoms with E-state index in [2.05, 4.69) is 10.3 Å². The van der Waals surface area contributed by atoms with Gasteiger partial charge in [-0.1, -0.05) is 30.3 Å². The van der Waals surface area contributed by atoms with E-state index in [0.29, 0.717) is 24.4 Å². The highest BCUT2D eigenvalue weighted by atomic mass is 32.2. The van der Waals surface area contributed by atoms with Gasteiger partial charge < -0.3 is 10.2 Å². The number of carbonyl (C=O) groups is 2. The molecule has 1 aliphatic heterocycles. The van der Waals surface area contributed by atoms with Crippen LogP contribution in [0.15, 0.2) is 77.8 Å². The van der Waals surface area contributed by atoms with Gasteiger partial charge in [-0.05, 0) is 42.0 Å². The maximum atomic E-state index is 12.5. The van der Waals surface area contributed by atoms with Gasteiger partial charge in [-0.25, -0.2) is 0 Å². The second-order valence-corrected chi connectivity index (χ2v) is 7.46. The molecule has 2 aromatic carbocycles. The van der Waals surface area contributed by atoms with Crippen LogP contribution in [0.3, 0.4) is 0 Å². The molecule has 2 heterocycles. The average molecular weight is 389 g/mol. The molecule has 0 radical (unpaired) electrons. The number of thioether (sulfide) groups is 1. The molecule has 0 unspecified atom stereocenters. The van der Waals surface area contributed by atoms with Crippen molar-refractivity contribution in [2.24, 2.45) is 0 Å². The van der Waals surface area contributed by atoms with Gasteiger partial charge in [0.25, 0.3) is 5.91 Å². The van der Waals surface area contributed by atoms with E-state index in [1.165, 1.54) is 0 Å². The van der Waals surface area contributed by atoms with Crippen molar-refractivity contribution in [2.75, 3.05) is 10.7 Å². The minimum atomic E-state index is -0.159. The number of anilines is 1. The zero-order valence-corrected chi connectivity index (χ0v) is 16.0. The molecule has 28 heavy (non-hydrogen) atoms. The summed E-state index contributed by atoms with van der Waals surface area (Å²) in [6, 6.07) is 20.9. The number of fused-ring (bicyclic) bond motifs is 1. The van der Waals surface area contributed by atoms with Gasteiger partial charge in [0.05, 0.1) is 30.2 Å². The van der Waals surface area contributed by atoms with Crippen molar-refractivity contribution in [1.82, 2.24) is 10.3 Å². The van der Waals surface area contributed by atoms with Crippen LogP contribution in [0, 0.1) is 0 Å². The largest absolute Gasteiger partial charge is 0.346 e. The van der Waals surface area contributed by atoms with Crippen LogP contribution in [0.2, 0.25) is 0 Å². The normalized spacial score (nSPS) is 13.1. The van der Waals surface area contributed by atoms with Gasteiger partial charge in [-0.15, -0.1) is 11.8 Å². The summed E-state index contributed by atoms with van der Waals surface area (Å²) in [6.07, 6.45) is 1.70. The van der Waals surface area contributed by atoms with Crippen LogP contribution < -0.4 is 10.2 Å². The van der Waals surface area contributed by atoms with Crippen LogP contribution in [0.4, 0.5) is 5.69 Å². The smallest absolute Gasteiger partial charge is 0.251 e. The zero-order chi connectivity index (χ0) is 19.3. The standard InChI is InChI=1S/C22H19N3O2S/c26-21-15-28-20-10-2-1-9-19(20)25(21)14-16-6-5-7-17(12-16)22(27)24-13-18-8-3-4-11-23-18/h1-12H,13-15H2,(H,24,27). The Morgan fingerprint density at radius 1 is 1.07 bits per heavy atom. The fraction of sp³-hybridized carbons (Fsp3) is 0.136. The fourth-order valence-corrected chi connectivity index (χ4v) is 4.03. The van der Waals surface area contributed by atoms with Gasteiger partial charge in [0.15, 0.2) is 0 Å². The molecule has 0 atom stereocenters. The summed E-state index contributed by atoms with van der Waals surface area (Å²) < 4.78 is 0. The van der Waals surface area contributed by atoms with Crippen molar-refractivity contribution < 1.29 is 9.59 Å². The van der Waals surface area contributed by atoms with Gasteiger partial charge in [0.1, 0.15) is 0 Å². The third-order valence-corrected chi connectivity index (χ3v) is 5.54. The summed E-state index contributed by atoms with van der Waals surface area (Å²) >= 11 is 1.56. The van der Waals surface area contributed by atoms with Gasteiger partial charge in [-0.3, -0.25) is 14.6 Å². The SMILES string of the molecule is O=C(NCc1ccccn1)c1cccc(CN2C(=O)CSc3ccccc32)c1. The Labute approximate surface area is 167 Å². The molecule has 4 rings (SSSR count). The molecule has 1 N–H and O–H groups in total. The molecule has 0 saturated heterocycles. The zero-order valence-electron chi connectivity index (χ0n) is 15.2. The Morgan fingerprint density at radius 2 is 1.93 bits per heavy atom. The first-order chi connectivity index (χ1) is 13.7. The van der Waals surface area contributed by atoms with Crippen molar-refractivity contribution >= 4 is 29.3 Å². The van der Waals surface area contributed by atoms with Crippen LogP contribution in [0.1, 0.15) is 21.6 Å². The van der Waals surface area contributed by atoms with Crippen LogP contribution >= 0.6 is 11.8 Å². The number of nitrogens with zero attached hydrogens (tertiary/aromatic N) is 2. The van der Waals surface area contributed by atoms with E-state index in [0.717, 1.165) is 21.8 Å². The number of carbonyl (C=O) groups excluding carboxylic acids is 2. The Hall–Kier alpha value is -3.12. The van der Waals surface area contributed by atoms with Gasteiger partial charge in [0.2, 0.25) is 5.91 Å². The van der Waals surface area contributed by atoms with Crippen LogP contribution in [-0.2, 0) is 17.9 Å². The Kier molecular flexibility index (Phi) is 5.39. The molecule has 0 bridgehead atoms. The predicted molar refractivity (Wildman–Crippen MR) is 110 cm³/mol. The summed E-state index contributed by atoms with van der Waals surface area (Å²) in [7, 11) is 0. The van der Waals surface area contributed by atoms with E-state index in [4.69, 9.17) is 0 Å². The van der Waals surface area contributed by atoms with Gasteiger partial charge in [0, 0.05) is 16.7 Å². The van der Waals surface area contributed by atoms with Crippen molar-refractivity contribution in [2.45, 2.75) is 18.0 Å². The van der Waals surface area contributed by atoms with Gasteiger partial charge in [-0.2, -0.15) is 0 Å². The molecule has 6 heteroatoms. The summed E-state index contributed by atoms with van der Waals surface area (Å²) in [6.45, 7) is 0.816. The van der Waals surface area contributed by atoms with E-state index < -0.39 is 0 Å². The Bertz CT molecular complexity index is 1010. The molecule has 0 aliphatic carbocycles. The molecule has 0 spiro atoms. The number of benzene rings is 2. The van der Waals surface area contributed by atoms with E-state index in [-0.39, 0.29) is 11.8 Å². The molecular weight excluding hydrogens is 370 g/mol. The van der Waals surface area contributed by atoms with Crippen LogP contribution in [0.5, 0.6) is 0 Å². The number of amides is 2. The highest BCUT2D eigenvalue weighted by Crippen LogP contribution is 2.35. The lowest BCUT2D eigenvalue weighted by Gasteiger charge is -2.29. The van der Waals surface area contributed by atoms with Crippen LogP contribution in [0.25, 0.3) is 0 Å². The first-order valence-electron chi connectivity index (χ1n) is 9.00. The molecule has 3 aromatic rings. The van der Waals surface area contributed by atoms with Crippen LogP contribution in [-0.4, -0.2) is 22.6 Å². The average Bonchev–Trinajstić information content (AvgIpc) is 2.75. The molecule has 0 fully saturated rings. The Balaban J connectivity index is 1.48. The van der Waals surface area contributed by atoms with Crippen molar-refractivity contribution in [3.8, 4) is 0 Å². The summed E-state index contributed by atoms with van der Waals surface area (Å²) in [5, 5.41) is 2.89. The molecule has 1 aliphatic rings. The summed E-state index contributed by atoms with van der Waals surface area (Å²) in [5.41, 5.74) is 3.22. The molecule has 140 valence electrons. The quantitative estimate of drug-likeness (QED) is 0.724. The second kappa shape index (κ2) is 8.27. The highest BCUT2D eigenvalue weighted by Gasteiger charge is 2.24. The van der Waals surface area contributed by atoms with E-state index in [1.54, 1.807) is 28.9 Å². The maximum Gasteiger partial charge on any atom is 0.251 e. The number of pyridine rings is 1. The Morgan fingerprint density at radius 3 is 2.79 bits per heavy atom. The minimum Gasteiger partial charge on any atom is -0.346 e. The molecule has 2 amide bonds. The molecule has 0 saturated carbocycles. The third-order valence-electron chi connectivity index (χ3n) is 4.49. The maximum absolute atomic E-state index is 12.5. The summed E-state index contributed by atoms with van der Waals surface area (Å²) in [5.74, 6) is 0.350. The predicted octanol–water partition coefficient (Wildman–Crippen LogP) is 3.65. The number of aromatic nitrogens is 1. The lowest BCUT2D eigenvalue weighted by Crippen LogP contribution is -2.34. The third kappa shape index (κ3) is 4.07.